The molecule has 34 heavy (non-hydrogen) atoms. The molecule has 0 aliphatic carbocycles. The van der Waals surface area contributed by atoms with Gasteiger partial charge in [0.2, 0.25) is 0 Å². The summed E-state index contributed by atoms with van der Waals surface area (Å²) in [5.41, 5.74) is 3.94. The Bertz CT molecular complexity index is 978. The largest absolute Gasteiger partial charge is 0.281 e. The molecule has 8 saturated heterocycles. The Balaban J connectivity index is 1.15. The molecule has 10 rings (SSSR count). The maximum Gasteiger partial charge on any atom is 0.139 e. The molecule has 8 aliphatic rings. The molecular formula is C24H35N9S+2. The van der Waals surface area contributed by atoms with Crippen LogP contribution in [0.15, 0.2) is 24.3 Å². The van der Waals surface area contributed by atoms with Crippen LogP contribution in [0.1, 0.15) is 16.1 Å². The fourth-order valence-corrected chi connectivity index (χ4v) is 8.90. The molecular weight excluding hydrogens is 446 g/mol. The van der Waals surface area contributed by atoms with Gasteiger partial charge in [0.25, 0.3) is 0 Å². The van der Waals surface area contributed by atoms with Crippen LogP contribution in [0.25, 0.3) is 10.6 Å². The second-order valence-electron chi connectivity index (χ2n) is 12.0. The van der Waals surface area contributed by atoms with E-state index in [0.29, 0.717) is 0 Å². The van der Waals surface area contributed by atoms with Crippen LogP contribution < -0.4 is 0 Å². The van der Waals surface area contributed by atoms with E-state index in [4.69, 9.17) is 4.98 Å². The zero-order valence-corrected chi connectivity index (χ0v) is 21.0. The summed E-state index contributed by atoms with van der Waals surface area (Å²) >= 11 is 1.96. The van der Waals surface area contributed by atoms with Gasteiger partial charge in [-0.05, 0) is 6.92 Å². The Kier molecular flexibility index (Phi) is 4.43. The van der Waals surface area contributed by atoms with Crippen molar-refractivity contribution >= 4 is 11.3 Å². The van der Waals surface area contributed by atoms with Crippen molar-refractivity contribution in [3.05, 3.63) is 40.4 Å². The fourth-order valence-electron chi connectivity index (χ4n) is 7.69. The summed E-state index contributed by atoms with van der Waals surface area (Å²) in [6, 6.07) is 8.96. The third-order valence-corrected chi connectivity index (χ3v) is 9.57. The standard InChI is InChI=1S/C24H35N9S/c1-20-2-4-21(5-3-20)24-25-22(6-32-14-26-8-27(15-32)10-28(9-26)16-32)23(34-24)7-33-17-29-11-30(18-33)13-31(12-29)19-33/h2-5H,6-19H2,1H3/q+2. The van der Waals surface area contributed by atoms with Gasteiger partial charge in [-0.2, -0.15) is 0 Å². The molecule has 0 radical (unpaired) electrons. The molecule has 0 unspecified atom stereocenters. The predicted molar refractivity (Wildman–Crippen MR) is 130 cm³/mol. The quantitative estimate of drug-likeness (QED) is 0.592. The maximum atomic E-state index is 5.38. The van der Waals surface area contributed by atoms with Gasteiger partial charge in [-0.15, -0.1) is 11.3 Å². The number of hydrogen-bond acceptors (Lipinski definition) is 8. The van der Waals surface area contributed by atoms with E-state index in [0.717, 1.165) is 62.1 Å². The van der Waals surface area contributed by atoms with Gasteiger partial charge in [0.1, 0.15) is 63.8 Å². The van der Waals surface area contributed by atoms with Crippen molar-refractivity contribution in [2.24, 2.45) is 0 Å². The van der Waals surface area contributed by atoms with Crippen molar-refractivity contribution in [3.8, 4) is 10.6 Å². The Morgan fingerprint density at radius 2 is 1.12 bits per heavy atom. The molecule has 8 aliphatic heterocycles. The lowest BCUT2D eigenvalue weighted by Gasteiger charge is -2.61. The number of nitrogens with zero attached hydrogens (tertiary/aromatic N) is 9. The normalized spacial score (nSPS) is 43.7. The lowest BCUT2D eigenvalue weighted by molar-refractivity contribution is -0.994. The molecule has 2 aromatic rings. The van der Waals surface area contributed by atoms with Crippen LogP contribution in [0.3, 0.4) is 0 Å². The fraction of sp³-hybridized carbons (Fsp3) is 0.625. The van der Waals surface area contributed by atoms with Crippen LogP contribution in [0, 0.1) is 6.92 Å². The Labute approximate surface area is 205 Å². The Morgan fingerprint density at radius 3 is 1.59 bits per heavy atom. The third kappa shape index (κ3) is 3.40. The SMILES string of the molecule is Cc1ccc(-c2nc(C[N+]34CN5CN(CN(C5)C3)C4)c(C[N+]34CN5CN(CN(C5)C3)C4)s2)cc1. The van der Waals surface area contributed by atoms with Gasteiger partial charge in [-0.1, -0.05) is 29.8 Å². The predicted octanol–water partition coefficient (Wildman–Crippen LogP) is 1.14. The van der Waals surface area contributed by atoms with Crippen molar-refractivity contribution in [3.63, 3.8) is 0 Å². The summed E-state index contributed by atoms with van der Waals surface area (Å²) in [7, 11) is 0. The second kappa shape index (κ2) is 7.28. The summed E-state index contributed by atoms with van der Waals surface area (Å²) < 4.78 is 2.27. The van der Waals surface area contributed by atoms with E-state index in [1.165, 1.54) is 66.7 Å². The average Bonchev–Trinajstić information content (AvgIpc) is 3.13. The molecule has 9 heterocycles. The van der Waals surface area contributed by atoms with E-state index in [1.54, 1.807) is 0 Å². The molecule has 0 atom stereocenters. The molecule has 0 amide bonds. The van der Waals surface area contributed by atoms with Gasteiger partial charge in [-0.25, -0.2) is 34.4 Å². The summed E-state index contributed by atoms with van der Waals surface area (Å²) in [6.07, 6.45) is 0. The highest BCUT2D eigenvalue weighted by Gasteiger charge is 2.51. The Morgan fingerprint density at radius 1 is 0.676 bits per heavy atom. The first-order chi connectivity index (χ1) is 16.5. The number of thiazole rings is 1. The molecule has 8 bridgehead atoms. The lowest BCUT2D eigenvalue weighted by Crippen LogP contribution is -2.79. The summed E-state index contributed by atoms with van der Waals surface area (Å²) in [4.78, 5) is 22.6. The van der Waals surface area contributed by atoms with E-state index in [-0.39, 0.29) is 0 Å². The third-order valence-electron chi connectivity index (χ3n) is 8.44. The minimum absolute atomic E-state index is 1.05. The first kappa shape index (κ1) is 20.7. The molecule has 1 aromatic carbocycles. The highest BCUT2D eigenvalue weighted by atomic mass is 32.1. The highest BCUT2D eigenvalue weighted by molar-refractivity contribution is 7.15. The topological polar surface area (TPSA) is 32.3 Å². The number of aryl methyl sites for hydroxylation is 1. The van der Waals surface area contributed by atoms with Crippen LogP contribution in [-0.4, -0.2) is 123 Å². The number of benzene rings is 1. The van der Waals surface area contributed by atoms with Gasteiger partial charge in [-0.3, -0.25) is 8.97 Å². The number of aromatic nitrogens is 1. The van der Waals surface area contributed by atoms with Crippen LogP contribution in [0.2, 0.25) is 0 Å². The first-order valence-electron chi connectivity index (χ1n) is 12.6. The maximum absolute atomic E-state index is 5.38. The van der Waals surface area contributed by atoms with Gasteiger partial charge < -0.3 is 0 Å². The molecule has 180 valence electrons. The van der Waals surface area contributed by atoms with Crippen LogP contribution in [-0.2, 0) is 13.1 Å². The second-order valence-corrected chi connectivity index (χ2v) is 13.1. The van der Waals surface area contributed by atoms with Crippen LogP contribution >= 0.6 is 11.3 Å². The molecule has 8 fully saturated rings. The van der Waals surface area contributed by atoms with Gasteiger partial charge in [0, 0.05) is 5.56 Å². The van der Waals surface area contributed by atoms with E-state index < -0.39 is 0 Å². The van der Waals surface area contributed by atoms with E-state index in [2.05, 4.69) is 60.6 Å². The minimum atomic E-state index is 1.05. The van der Waals surface area contributed by atoms with Gasteiger partial charge >= 0.3 is 0 Å². The highest BCUT2D eigenvalue weighted by Crippen LogP contribution is 2.38. The van der Waals surface area contributed by atoms with Crippen molar-refractivity contribution < 1.29 is 8.97 Å². The van der Waals surface area contributed by atoms with Crippen molar-refractivity contribution in [2.75, 3.05) is 80.0 Å². The zero-order valence-electron chi connectivity index (χ0n) is 20.1. The van der Waals surface area contributed by atoms with Crippen LogP contribution in [0.5, 0.6) is 0 Å². The van der Waals surface area contributed by atoms with Crippen molar-refractivity contribution in [1.29, 1.82) is 0 Å². The smallest absolute Gasteiger partial charge is 0.139 e. The molecule has 9 nitrogen and oxygen atoms in total. The van der Waals surface area contributed by atoms with E-state index in [9.17, 15) is 0 Å². The van der Waals surface area contributed by atoms with Crippen molar-refractivity contribution in [2.45, 2.75) is 20.0 Å². The number of hydrogen-bond donors (Lipinski definition) is 0. The summed E-state index contributed by atoms with van der Waals surface area (Å²) in [5.74, 6) is 0. The number of quaternary nitrogens is 2. The molecule has 10 heteroatoms. The van der Waals surface area contributed by atoms with Crippen LogP contribution in [0.4, 0.5) is 0 Å². The molecule has 1 aromatic heterocycles. The van der Waals surface area contributed by atoms with Gasteiger partial charge in [0.05, 0.1) is 44.9 Å². The van der Waals surface area contributed by atoms with E-state index >= 15 is 0 Å². The lowest BCUT2D eigenvalue weighted by atomic mass is 10.1. The van der Waals surface area contributed by atoms with Gasteiger partial charge in [0.15, 0.2) is 0 Å². The first-order valence-corrected chi connectivity index (χ1v) is 13.4. The van der Waals surface area contributed by atoms with E-state index in [1.807, 2.05) is 11.3 Å². The monoisotopic (exact) mass is 481 g/mol. The molecule has 0 saturated carbocycles. The summed E-state index contributed by atoms with van der Waals surface area (Å²) in [5, 5.41) is 1.20. The van der Waals surface area contributed by atoms with Crippen molar-refractivity contribution in [1.82, 2.24) is 34.4 Å². The molecule has 0 N–H and O–H groups in total. The summed E-state index contributed by atoms with van der Waals surface area (Å²) in [6.45, 7) is 18.2. The zero-order chi connectivity index (χ0) is 22.5. The average molecular weight is 482 g/mol. The Hall–Kier alpha value is -1.47. The number of rotatable bonds is 5. The minimum Gasteiger partial charge on any atom is -0.281 e. The molecule has 0 spiro atoms.